The molecule has 5 nitrogen and oxygen atoms in total. The van der Waals surface area contributed by atoms with Crippen molar-refractivity contribution in [3.63, 3.8) is 0 Å². The Hall–Kier alpha value is -1.10. The zero-order valence-electron chi connectivity index (χ0n) is 11.6. The van der Waals surface area contributed by atoms with E-state index in [-0.39, 0.29) is 17.2 Å². The van der Waals surface area contributed by atoms with Crippen LogP contribution < -0.4 is 16.0 Å². The molecule has 1 rings (SSSR count). The largest absolute Gasteiger partial charge is 0.355 e. The Morgan fingerprint density at radius 2 is 2.11 bits per heavy atom. The highest BCUT2D eigenvalue weighted by Crippen LogP contribution is 2.30. The van der Waals surface area contributed by atoms with E-state index in [1.165, 1.54) is 0 Å². The van der Waals surface area contributed by atoms with Crippen LogP contribution in [0.4, 0.5) is 0 Å². The van der Waals surface area contributed by atoms with E-state index < -0.39 is 6.04 Å². The van der Waals surface area contributed by atoms with E-state index in [1.807, 2.05) is 13.8 Å². The SMILES string of the molecule is CCNC(=O)C(C)NC(=O)C1(CC)CCCNC1. The van der Waals surface area contributed by atoms with Gasteiger partial charge >= 0.3 is 0 Å². The molecule has 1 aliphatic heterocycles. The Labute approximate surface area is 109 Å². The van der Waals surface area contributed by atoms with Gasteiger partial charge in [0.15, 0.2) is 0 Å². The van der Waals surface area contributed by atoms with Crippen LogP contribution in [0, 0.1) is 5.41 Å². The third-order valence-electron chi connectivity index (χ3n) is 3.72. The minimum Gasteiger partial charge on any atom is -0.355 e. The summed E-state index contributed by atoms with van der Waals surface area (Å²) < 4.78 is 0. The number of amides is 2. The Kier molecular flexibility index (Phi) is 5.59. The van der Waals surface area contributed by atoms with Crippen LogP contribution in [-0.2, 0) is 9.59 Å². The Morgan fingerprint density at radius 3 is 2.61 bits per heavy atom. The van der Waals surface area contributed by atoms with E-state index in [4.69, 9.17) is 0 Å². The third-order valence-corrected chi connectivity index (χ3v) is 3.72. The molecule has 0 spiro atoms. The van der Waals surface area contributed by atoms with Gasteiger partial charge in [-0.3, -0.25) is 9.59 Å². The van der Waals surface area contributed by atoms with Gasteiger partial charge in [0.25, 0.3) is 0 Å². The number of piperidine rings is 1. The van der Waals surface area contributed by atoms with Crippen molar-refractivity contribution in [1.29, 1.82) is 0 Å². The first-order valence-corrected chi connectivity index (χ1v) is 6.85. The number of hydrogen-bond donors (Lipinski definition) is 3. The van der Waals surface area contributed by atoms with Gasteiger partial charge < -0.3 is 16.0 Å². The molecule has 104 valence electrons. The Morgan fingerprint density at radius 1 is 1.39 bits per heavy atom. The average Bonchev–Trinajstić information content (AvgIpc) is 2.39. The third kappa shape index (κ3) is 3.45. The number of likely N-dealkylation sites (N-methyl/N-ethyl adjacent to an activating group) is 1. The number of rotatable bonds is 5. The second-order valence-corrected chi connectivity index (χ2v) is 5.00. The van der Waals surface area contributed by atoms with Crippen molar-refractivity contribution in [3.05, 3.63) is 0 Å². The second kappa shape index (κ2) is 6.73. The Bertz CT molecular complexity index is 299. The van der Waals surface area contributed by atoms with E-state index in [0.29, 0.717) is 13.1 Å². The van der Waals surface area contributed by atoms with E-state index in [9.17, 15) is 9.59 Å². The minimum absolute atomic E-state index is 0.00375. The topological polar surface area (TPSA) is 70.2 Å². The summed E-state index contributed by atoms with van der Waals surface area (Å²) in [7, 11) is 0. The summed E-state index contributed by atoms with van der Waals surface area (Å²) >= 11 is 0. The molecule has 0 saturated carbocycles. The molecule has 0 aromatic heterocycles. The van der Waals surface area contributed by atoms with Crippen LogP contribution in [-0.4, -0.2) is 37.5 Å². The maximum Gasteiger partial charge on any atom is 0.242 e. The van der Waals surface area contributed by atoms with Gasteiger partial charge in [-0.25, -0.2) is 0 Å². The van der Waals surface area contributed by atoms with Crippen molar-refractivity contribution in [2.24, 2.45) is 5.41 Å². The first kappa shape index (κ1) is 15.0. The van der Waals surface area contributed by atoms with Gasteiger partial charge in [0.1, 0.15) is 6.04 Å². The van der Waals surface area contributed by atoms with E-state index in [0.717, 1.165) is 25.8 Å². The first-order valence-electron chi connectivity index (χ1n) is 6.85. The molecule has 18 heavy (non-hydrogen) atoms. The summed E-state index contributed by atoms with van der Waals surface area (Å²) in [5.41, 5.74) is -0.348. The zero-order valence-corrected chi connectivity index (χ0v) is 11.6. The summed E-state index contributed by atoms with van der Waals surface area (Å²) in [6.07, 6.45) is 2.70. The maximum atomic E-state index is 12.3. The second-order valence-electron chi connectivity index (χ2n) is 5.00. The molecule has 1 saturated heterocycles. The number of hydrogen-bond acceptors (Lipinski definition) is 3. The van der Waals surface area contributed by atoms with Gasteiger partial charge in [0.2, 0.25) is 11.8 Å². The van der Waals surface area contributed by atoms with Gasteiger partial charge in [-0.15, -0.1) is 0 Å². The van der Waals surface area contributed by atoms with Gasteiger partial charge in [-0.2, -0.15) is 0 Å². The molecule has 0 aliphatic carbocycles. The van der Waals surface area contributed by atoms with E-state index in [2.05, 4.69) is 16.0 Å². The summed E-state index contributed by atoms with van der Waals surface area (Å²) in [5, 5.41) is 8.82. The Balaban J connectivity index is 2.59. The summed E-state index contributed by atoms with van der Waals surface area (Å²) in [5.74, 6) is -0.128. The van der Waals surface area contributed by atoms with Crippen molar-refractivity contribution in [2.75, 3.05) is 19.6 Å². The van der Waals surface area contributed by atoms with Crippen molar-refractivity contribution < 1.29 is 9.59 Å². The van der Waals surface area contributed by atoms with Crippen LogP contribution in [0.2, 0.25) is 0 Å². The standard InChI is InChI=1S/C13H25N3O2/c1-4-13(7-6-8-14-9-13)12(18)16-10(3)11(17)15-5-2/h10,14H,4-9H2,1-3H3,(H,15,17)(H,16,18). The molecule has 5 heteroatoms. The normalized spacial score (nSPS) is 25.3. The smallest absolute Gasteiger partial charge is 0.242 e. The molecular weight excluding hydrogens is 230 g/mol. The van der Waals surface area contributed by atoms with E-state index >= 15 is 0 Å². The van der Waals surface area contributed by atoms with Crippen LogP contribution >= 0.6 is 0 Å². The first-order chi connectivity index (χ1) is 8.55. The van der Waals surface area contributed by atoms with Crippen molar-refractivity contribution in [2.45, 2.75) is 46.1 Å². The molecule has 3 N–H and O–H groups in total. The molecule has 2 atom stereocenters. The van der Waals surface area contributed by atoms with Gasteiger partial charge in [0, 0.05) is 13.1 Å². The predicted molar refractivity (Wildman–Crippen MR) is 71.1 cm³/mol. The fraction of sp³-hybridized carbons (Fsp3) is 0.846. The highest BCUT2D eigenvalue weighted by molar-refractivity contribution is 5.90. The summed E-state index contributed by atoms with van der Waals surface area (Å²) in [6.45, 7) is 7.88. The monoisotopic (exact) mass is 255 g/mol. The van der Waals surface area contributed by atoms with Crippen molar-refractivity contribution in [3.8, 4) is 0 Å². The van der Waals surface area contributed by atoms with Crippen molar-refractivity contribution in [1.82, 2.24) is 16.0 Å². The van der Waals surface area contributed by atoms with Crippen LogP contribution in [0.25, 0.3) is 0 Å². The lowest BCUT2D eigenvalue weighted by Gasteiger charge is -2.36. The zero-order chi connectivity index (χ0) is 13.6. The maximum absolute atomic E-state index is 12.3. The molecule has 0 radical (unpaired) electrons. The molecular formula is C13H25N3O2. The van der Waals surface area contributed by atoms with Gasteiger partial charge in [-0.05, 0) is 39.7 Å². The van der Waals surface area contributed by atoms with Crippen LogP contribution in [0.15, 0.2) is 0 Å². The van der Waals surface area contributed by atoms with Crippen LogP contribution in [0.5, 0.6) is 0 Å². The number of carbonyl (C=O) groups is 2. The molecule has 1 aliphatic rings. The summed E-state index contributed by atoms with van der Waals surface area (Å²) in [4.78, 5) is 24.0. The van der Waals surface area contributed by atoms with Crippen LogP contribution in [0.3, 0.4) is 0 Å². The predicted octanol–water partition coefficient (Wildman–Crippen LogP) is 0.407. The lowest BCUT2D eigenvalue weighted by molar-refractivity contribution is -0.136. The fourth-order valence-corrected chi connectivity index (χ4v) is 2.37. The molecule has 0 aromatic carbocycles. The van der Waals surface area contributed by atoms with E-state index in [1.54, 1.807) is 6.92 Å². The molecule has 2 unspecified atom stereocenters. The number of nitrogens with one attached hydrogen (secondary N) is 3. The quantitative estimate of drug-likeness (QED) is 0.666. The summed E-state index contributed by atoms with van der Waals surface area (Å²) in [6, 6.07) is -0.470. The van der Waals surface area contributed by atoms with Gasteiger partial charge in [0.05, 0.1) is 5.41 Å². The molecule has 2 amide bonds. The lowest BCUT2D eigenvalue weighted by atomic mass is 9.77. The number of carbonyl (C=O) groups excluding carboxylic acids is 2. The van der Waals surface area contributed by atoms with Gasteiger partial charge in [-0.1, -0.05) is 6.92 Å². The molecule has 1 fully saturated rings. The fourth-order valence-electron chi connectivity index (χ4n) is 2.37. The average molecular weight is 255 g/mol. The van der Waals surface area contributed by atoms with Crippen LogP contribution in [0.1, 0.15) is 40.0 Å². The molecule has 1 heterocycles. The lowest BCUT2D eigenvalue weighted by Crippen LogP contribution is -2.54. The van der Waals surface area contributed by atoms with Crippen molar-refractivity contribution >= 4 is 11.8 Å². The highest BCUT2D eigenvalue weighted by atomic mass is 16.2. The molecule has 0 aromatic rings. The minimum atomic E-state index is -0.470. The molecule has 0 bridgehead atoms. The highest BCUT2D eigenvalue weighted by Gasteiger charge is 2.38.